The van der Waals surface area contributed by atoms with Gasteiger partial charge in [-0.3, -0.25) is 4.98 Å². The standard InChI is InChI=1S/C9H12BrNO/c1-12-9-5-3-7-11-8(9)4-2-6-10/h3,5,7H,2,4,6H2,1H3. The Kier molecular flexibility index (Phi) is 4.08. The van der Waals surface area contributed by atoms with Crippen molar-refractivity contribution >= 4 is 15.9 Å². The third-order valence-corrected chi connectivity index (χ3v) is 2.18. The van der Waals surface area contributed by atoms with E-state index in [0.29, 0.717) is 0 Å². The zero-order chi connectivity index (χ0) is 8.81. The lowest BCUT2D eigenvalue weighted by Crippen LogP contribution is -1.95. The largest absolute Gasteiger partial charge is 0.495 e. The van der Waals surface area contributed by atoms with Crippen molar-refractivity contribution in [1.82, 2.24) is 4.98 Å². The van der Waals surface area contributed by atoms with Gasteiger partial charge < -0.3 is 4.74 Å². The van der Waals surface area contributed by atoms with Crippen LogP contribution in [0.15, 0.2) is 18.3 Å². The fourth-order valence-corrected chi connectivity index (χ4v) is 1.31. The van der Waals surface area contributed by atoms with Gasteiger partial charge >= 0.3 is 0 Å². The van der Waals surface area contributed by atoms with Crippen LogP contribution in [0.5, 0.6) is 5.75 Å². The van der Waals surface area contributed by atoms with Crippen LogP contribution in [0.4, 0.5) is 0 Å². The molecule has 66 valence electrons. The molecule has 1 aromatic heterocycles. The smallest absolute Gasteiger partial charge is 0.140 e. The Morgan fingerprint density at radius 2 is 2.42 bits per heavy atom. The Morgan fingerprint density at radius 1 is 1.58 bits per heavy atom. The van der Waals surface area contributed by atoms with Gasteiger partial charge in [0, 0.05) is 11.5 Å². The second-order valence-corrected chi connectivity index (χ2v) is 3.24. The van der Waals surface area contributed by atoms with E-state index in [2.05, 4.69) is 20.9 Å². The van der Waals surface area contributed by atoms with Crippen molar-refractivity contribution in [3.63, 3.8) is 0 Å². The second kappa shape index (κ2) is 5.14. The summed E-state index contributed by atoms with van der Waals surface area (Å²) >= 11 is 3.38. The van der Waals surface area contributed by atoms with Gasteiger partial charge in [0.2, 0.25) is 0 Å². The number of nitrogens with zero attached hydrogens (tertiary/aromatic N) is 1. The van der Waals surface area contributed by atoms with E-state index in [4.69, 9.17) is 4.74 Å². The van der Waals surface area contributed by atoms with Crippen LogP contribution >= 0.6 is 15.9 Å². The SMILES string of the molecule is COc1cccnc1CCCBr. The Hall–Kier alpha value is -0.570. The van der Waals surface area contributed by atoms with Crippen molar-refractivity contribution in [3.8, 4) is 5.75 Å². The molecule has 0 spiro atoms. The summed E-state index contributed by atoms with van der Waals surface area (Å²) in [7, 11) is 1.68. The molecule has 0 saturated heterocycles. The first-order valence-electron chi connectivity index (χ1n) is 3.92. The first-order valence-corrected chi connectivity index (χ1v) is 5.04. The molecule has 0 bridgehead atoms. The maximum Gasteiger partial charge on any atom is 0.140 e. The van der Waals surface area contributed by atoms with Gasteiger partial charge in [0.15, 0.2) is 0 Å². The molecule has 0 atom stereocenters. The van der Waals surface area contributed by atoms with Gasteiger partial charge in [-0.05, 0) is 25.0 Å². The predicted molar refractivity (Wildman–Crippen MR) is 52.9 cm³/mol. The van der Waals surface area contributed by atoms with E-state index in [1.54, 1.807) is 13.3 Å². The predicted octanol–water partition coefficient (Wildman–Crippen LogP) is 2.42. The summed E-state index contributed by atoms with van der Waals surface area (Å²) in [6.07, 6.45) is 3.86. The Balaban J connectivity index is 2.68. The lowest BCUT2D eigenvalue weighted by molar-refractivity contribution is 0.406. The highest BCUT2D eigenvalue weighted by Crippen LogP contribution is 2.16. The van der Waals surface area contributed by atoms with E-state index in [1.165, 1.54) is 0 Å². The number of alkyl halides is 1. The maximum absolute atomic E-state index is 5.16. The highest BCUT2D eigenvalue weighted by atomic mass is 79.9. The van der Waals surface area contributed by atoms with Gasteiger partial charge in [-0.25, -0.2) is 0 Å². The average molecular weight is 230 g/mol. The normalized spacial score (nSPS) is 9.83. The second-order valence-electron chi connectivity index (χ2n) is 2.44. The van der Waals surface area contributed by atoms with Crippen LogP contribution in [0.3, 0.4) is 0 Å². The molecule has 0 fully saturated rings. The van der Waals surface area contributed by atoms with Crippen molar-refractivity contribution < 1.29 is 4.74 Å². The Bertz CT molecular complexity index is 240. The van der Waals surface area contributed by atoms with Crippen LogP contribution in [0.2, 0.25) is 0 Å². The zero-order valence-electron chi connectivity index (χ0n) is 7.09. The fourth-order valence-electron chi connectivity index (χ4n) is 1.03. The number of ether oxygens (including phenoxy) is 1. The van der Waals surface area contributed by atoms with E-state index in [1.807, 2.05) is 12.1 Å². The van der Waals surface area contributed by atoms with Crippen LogP contribution in [0.1, 0.15) is 12.1 Å². The highest BCUT2D eigenvalue weighted by Gasteiger charge is 2.01. The van der Waals surface area contributed by atoms with Crippen LogP contribution in [0, 0.1) is 0 Å². The molecule has 0 aliphatic rings. The third kappa shape index (κ3) is 2.48. The van der Waals surface area contributed by atoms with Crippen LogP contribution in [-0.2, 0) is 6.42 Å². The summed E-state index contributed by atoms with van der Waals surface area (Å²) in [5.41, 5.74) is 1.04. The number of hydrogen-bond donors (Lipinski definition) is 0. The van der Waals surface area contributed by atoms with Gasteiger partial charge in [-0.2, -0.15) is 0 Å². The molecular formula is C9H12BrNO. The van der Waals surface area contributed by atoms with Gasteiger partial charge in [-0.1, -0.05) is 15.9 Å². The molecule has 0 aromatic carbocycles. The Labute approximate surface area is 81.1 Å². The number of pyridine rings is 1. The number of halogens is 1. The minimum Gasteiger partial charge on any atom is -0.495 e. The summed E-state index contributed by atoms with van der Waals surface area (Å²) in [5.74, 6) is 0.887. The molecule has 0 aliphatic heterocycles. The molecule has 0 radical (unpaired) electrons. The summed E-state index contributed by atoms with van der Waals surface area (Å²) in [6, 6.07) is 3.83. The molecule has 0 aliphatic carbocycles. The summed E-state index contributed by atoms with van der Waals surface area (Å²) < 4.78 is 5.16. The van der Waals surface area contributed by atoms with E-state index in [9.17, 15) is 0 Å². The molecule has 2 nitrogen and oxygen atoms in total. The number of hydrogen-bond acceptors (Lipinski definition) is 2. The molecule has 3 heteroatoms. The number of rotatable bonds is 4. The zero-order valence-corrected chi connectivity index (χ0v) is 8.67. The molecule has 1 heterocycles. The van der Waals surface area contributed by atoms with Crippen molar-refractivity contribution in [2.24, 2.45) is 0 Å². The summed E-state index contributed by atoms with van der Waals surface area (Å²) in [5, 5.41) is 1.01. The molecule has 0 saturated carbocycles. The first-order chi connectivity index (χ1) is 5.88. The van der Waals surface area contributed by atoms with Crippen LogP contribution in [0.25, 0.3) is 0 Å². The Morgan fingerprint density at radius 3 is 3.08 bits per heavy atom. The van der Waals surface area contributed by atoms with Gasteiger partial charge in [0.1, 0.15) is 5.75 Å². The molecule has 1 rings (SSSR count). The highest BCUT2D eigenvalue weighted by molar-refractivity contribution is 9.09. The van der Waals surface area contributed by atoms with Crippen molar-refractivity contribution in [1.29, 1.82) is 0 Å². The topological polar surface area (TPSA) is 22.1 Å². The quantitative estimate of drug-likeness (QED) is 0.741. The van der Waals surface area contributed by atoms with Crippen molar-refractivity contribution in [2.75, 3.05) is 12.4 Å². The summed E-state index contributed by atoms with van der Waals surface area (Å²) in [6.45, 7) is 0. The average Bonchev–Trinajstić information content (AvgIpc) is 2.15. The summed E-state index contributed by atoms with van der Waals surface area (Å²) in [4.78, 5) is 4.24. The maximum atomic E-state index is 5.16. The molecular weight excluding hydrogens is 218 g/mol. The van der Waals surface area contributed by atoms with E-state index in [0.717, 1.165) is 29.6 Å². The lowest BCUT2D eigenvalue weighted by atomic mass is 10.2. The van der Waals surface area contributed by atoms with Crippen LogP contribution < -0.4 is 4.74 Å². The van der Waals surface area contributed by atoms with Crippen LogP contribution in [-0.4, -0.2) is 17.4 Å². The molecule has 0 N–H and O–H groups in total. The van der Waals surface area contributed by atoms with Gasteiger partial charge in [-0.15, -0.1) is 0 Å². The molecule has 0 unspecified atom stereocenters. The van der Waals surface area contributed by atoms with Gasteiger partial charge in [0.05, 0.1) is 12.8 Å². The molecule has 0 amide bonds. The number of aryl methyl sites for hydroxylation is 1. The van der Waals surface area contributed by atoms with Crippen molar-refractivity contribution in [2.45, 2.75) is 12.8 Å². The lowest BCUT2D eigenvalue weighted by Gasteiger charge is -2.04. The van der Waals surface area contributed by atoms with E-state index < -0.39 is 0 Å². The number of aromatic nitrogens is 1. The first kappa shape index (κ1) is 9.52. The molecule has 1 aromatic rings. The minimum absolute atomic E-state index is 0.887. The van der Waals surface area contributed by atoms with E-state index >= 15 is 0 Å². The minimum atomic E-state index is 0.887. The third-order valence-electron chi connectivity index (χ3n) is 1.62. The fraction of sp³-hybridized carbons (Fsp3) is 0.444. The molecule has 12 heavy (non-hydrogen) atoms. The van der Waals surface area contributed by atoms with Crippen molar-refractivity contribution in [3.05, 3.63) is 24.0 Å². The monoisotopic (exact) mass is 229 g/mol. The van der Waals surface area contributed by atoms with E-state index in [-0.39, 0.29) is 0 Å². The van der Waals surface area contributed by atoms with Gasteiger partial charge in [0.25, 0.3) is 0 Å². The number of methoxy groups -OCH3 is 1.